The fourth-order valence-electron chi connectivity index (χ4n) is 2.41. The number of aliphatic carboxylic acids is 1. The van der Waals surface area contributed by atoms with E-state index in [1.54, 1.807) is 6.20 Å². The molecule has 1 N–H and O–H groups in total. The number of pyridine rings is 1. The maximum absolute atomic E-state index is 13.1. The monoisotopic (exact) mass is 252 g/mol. The summed E-state index contributed by atoms with van der Waals surface area (Å²) in [6.45, 7) is 1.19. The molecule has 1 aromatic rings. The van der Waals surface area contributed by atoms with Crippen LogP contribution in [0.2, 0.25) is 0 Å². The Hall–Kier alpha value is -1.49. The third kappa shape index (κ3) is 3.26. The van der Waals surface area contributed by atoms with E-state index in [-0.39, 0.29) is 5.82 Å². The summed E-state index contributed by atoms with van der Waals surface area (Å²) in [7, 11) is 0. The molecule has 1 aromatic heterocycles. The van der Waals surface area contributed by atoms with Crippen LogP contribution in [0.25, 0.3) is 0 Å². The standard InChI is InChI=1S/C13H17FN2O2/c14-11-6-10(7-15-8-11)9-16-5-3-1-2-4-12(16)13(17)18/h6-8,12H,1-5,9H2,(H,17,18). The van der Waals surface area contributed by atoms with Gasteiger partial charge in [0.2, 0.25) is 0 Å². The van der Waals surface area contributed by atoms with Gasteiger partial charge in [0.15, 0.2) is 0 Å². The Balaban J connectivity index is 2.11. The molecule has 5 heteroatoms. The quantitative estimate of drug-likeness (QED) is 0.894. The largest absolute Gasteiger partial charge is 0.480 e. The smallest absolute Gasteiger partial charge is 0.320 e. The van der Waals surface area contributed by atoms with Crippen LogP contribution < -0.4 is 0 Å². The van der Waals surface area contributed by atoms with Gasteiger partial charge in [0, 0.05) is 12.7 Å². The molecule has 1 atom stereocenters. The van der Waals surface area contributed by atoms with Crippen LogP contribution in [0.5, 0.6) is 0 Å². The molecule has 0 saturated carbocycles. The third-order valence-electron chi connectivity index (χ3n) is 3.30. The maximum Gasteiger partial charge on any atom is 0.320 e. The van der Waals surface area contributed by atoms with Gasteiger partial charge >= 0.3 is 5.97 Å². The highest BCUT2D eigenvalue weighted by molar-refractivity contribution is 5.73. The molecule has 2 rings (SSSR count). The van der Waals surface area contributed by atoms with E-state index in [9.17, 15) is 14.3 Å². The van der Waals surface area contributed by atoms with Gasteiger partial charge in [-0.05, 0) is 31.0 Å². The Morgan fingerprint density at radius 3 is 3.00 bits per heavy atom. The first-order valence-corrected chi connectivity index (χ1v) is 6.23. The summed E-state index contributed by atoms with van der Waals surface area (Å²) in [6.07, 6.45) is 6.40. The number of rotatable bonds is 3. The molecule has 0 aromatic carbocycles. The van der Waals surface area contributed by atoms with Gasteiger partial charge in [0.1, 0.15) is 11.9 Å². The number of carbonyl (C=O) groups is 1. The second-order valence-corrected chi connectivity index (χ2v) is 4.69. The van der Waals surface area contributed by atoms with Crippen molar-refractivity contribution in [3.05, 3.63) is 29.8 Å². The minimum absolute atomic E-state index is 0.380. The van der Waals surface area contributed by atoms with Crippen LogP contribution in [-0.4, -0.2) is 33.5 Å². The van der Waals surface area contributed by atoms with E-state index in [2.05, 4.69) is 4.98 Å². The number of nitrogens with zero attached hydrogens (tertiary/aromatic N) is 2. The van der Waals surface area contributed by atoms with Gasteiger partial charge in [-0.2, -0.15) is 0 Å². The van der Waals surface area contributed by atoms with Crippen LogP contribution in [0, 0.1) is 5.82 Å². The fourth-order valence-corrected chi connectivity index (χ4v) is 2.41. The van der Waals surface area contributed by atoms with Crippen molar-refractivity contribution in [1.82, 2.24) is 9.88 Å². The number of carboxylic acid groups (broad SMARTS) is 1. The van der Waals surface area contributed by atoms with Crippen LogP contribution in [-0.2, 0) is 11.3 Å². The Labute approximate surface area is 105 Å². The van der Waals surface area contributed by atoms with Gasteiger partial charge < -0.3 is 5.11 Å². The molecule has 4 nitrogen and oxygen atoms in total. The predicted octanol–water partition coefficient (Wildman–Crippen LogP) is 2.05. The SMILES string of the molecule is O=C(O)C1CCCCCN1Cc1cncc(F)c1. The molecular weight excluding hydrogens is 235 g/mol. The lowest BCUT2D eigenvalue weighted by Gasteiger charge is -2.26. The van der Waals surface area contributed by atoms with E-state index in [1.165, 1.54) is 6.07 Å². The lowest BCUT2D eigenvalue weighted by molar-refractivity contribution is -0.143. The Morgan fingerprint density at radius 1 is 1.44 bits per heavy atom. The second-order valence-electron chi connectivity index (χ2n) is 4.69. The first kappa shape index (κ1) is 13.0. The minimum Gasteiger partial charge on any atom is -0.480 e. The van der Waals surface area contributed by atoms with Crippen molar-refractivity contribution in [2.75, 3.05) is 6.54 Å². The molecule has 0 aliphatic carbocycles. The van der Waals surface area contributed by atoms with E-state index in [0.717, 1.165) is 37.6 Å². The molecule has 1 aliphatic heterocycles. The highest BCUT2D eigenvalue weighted by atomic mass is 19.1. The zero-order valence-electron chi connectivity index (χ0n) is 10.2. The van der Waals surface area contributed by atoms with Gasteiger partial charge in [0.05, 0.1) is 6.20 Å². The summed E-state index contributed by atoms with van der Waals surface area (Å²) < 4.78 is 13.1. The van der Waals surface area contributed by atoms with E-state index in [0.29, 0.717) is 13.0 Å². The molecule has 1 aliphatic rings. The average Bonchev–Trinajstić information content (AvgIpc) is 2.54. The molecule has 1 saturated heterocycles. The van der Waals surface area contributed by atoms with E-state index in [4.69, 9.17) is 0 Å². The van der Waals surface area contributed by atoms with Crippen LogP contribution in [0.1, 0.15) is 31.2 Å². The molecule has 0 spiro atoms. The fraction of sp³-hybridized carbons (Fsp3) is 0.538. The Bertz CT molecular complexity index is 425. The van der Waals surface area contributed by atoms with Crippen molar-refractivity contribution >= 4 is 5.97 Å². The molecule has 0 bridgehead atoms. The number of likely N-dealkylation sites (tertiary alicyclic amines) is 1. The summed E-state index contributed by atoms with van der Waals surface area (Å²) in [5.74, 6) is -1.17. The number of hydrogen-bond donors (Lipinski definition) is 1. The number of aromatic nitrogens is 1. The Kier molecular flexibility index (Phi) is 4.25. The molecule has 18 heavy (non-hydrogen) atoms. The lowest BCUT2D eigenvalue weighted by atomic mass is 10.1. The highest BCUT2D eigenvalue weighted by Gasteiger charge is 2.26. The molecule has 98 valence electrons. The maximum atomic E-state index is 13.1. The van der Waals surface area contributed by atoms with Crippen LogP contribution >= 0.6 is 0 Å². The summed E-state index contributed by atoms with van der Waals surface area (Å²) >= 11 is 0. The van der Waals surface area contributed by atoms with Crippen molar-refractivity contribution in [1.29, 1.82) is 0 Å². The topological polar surface area (TPSA) is 53.4 Å². The zero-order chi connectivity index (χ0) is 13.0. The molecule has 0 amide bonds. The summed E-state index contributed by atoms with van der Waals surface area (Å²) in [5, 5.41) is 9.23. The van der Waals surface area contributed by atoms with Gasteiger partial charge in [0.25, 0.3) is 0 Å². The molecular formula is C13H17FN2O2. The summed E-state index contributed by atoms with van der Waals surface area (Å²) in [6, 6.07) is 0.951. The van der Waals surface area contributed by atoms with E-state index in [1.807, 2.05) is 4.90 Å². The van der Waals surface area contributed by atoms with Crippen molar-refractivity contribution in [3.63, 3.8) is 0 Å². The molecule has 1 unspecified atom stereocenters. The molecule has 1 fully saturated rings. The van der Waals surface area contributed by atoms with Crippen LogP contribution in [0.4, 0.5) is 4.39 Å². The number of carboxylic acids is 1. The number of hydrogen-bond acceptors (Lipinski definition) is 3. The first-order valence-electron chi connectivity index (χ1n) is 6.23. The summed E-state index contributed by atoms with van der Waals surface area (Å²) in [4.78, 5) is 16.9. The predicted molar refractivity (Wildman–Crippen MR) is 64.5 cm³/mol. The van der Waals surface area contributed by atoms with Crippen LogP contribution in [0.15, 0.2) is 18.5 Å². The van der Waals surface area contributed by atoms with Gasteiger partial charge in [-0.25, -0.2) is 4.39 Å². The minimum atomic E-state index is -0.790. The molecule has 2 heterocycles. The van der Waals surface area contributed by atoms with Crippen molar-refractivity contribution in [2.45, 2.75) is 38.3 Å². The van der Waals surface area contributed by atoms with E-state index < -0.39 is 12.0 Å². The summed E-state index contributed by atoms with van der Waals surface area (Å²) in [5.41, 5.74) is 0.725. The third-order valence-corrected chi connectivity index (χ3v) is 3.30. The average molecular weight is 252 g/mol. The van der Waals surface area contributed by atoms with Gasteiger partial charge in [-0.3, -0.25) is 14.7 Å². The van der Waals surface area contributed by atoms with Crippen molar-refractivity contribution < 1.29 is 14.3 Å². The van der Waals surface area contributed by atoms with Gasteiger partial charge in [-0.15, -0.1) is 0 Å². The van der Waals surface area contributed by atoms with Crippen molar-refractivity contribution in [3.8, 4) is 0 Å². The highest BCUT2D eigenvalue weighted by Crippen LogP contribution is 2.19. The lowest BCUT2D eigenvalue weighted by Crippen LogP contribution is -2.40. The zero-order valence-corrected chi connectivity index (χ0v) is 10.2. The van der Waals surface area contributed by atoms with E-state index >= 15 is 0 Å². The Morgan fingerprint density at radius 2 is 2.28 bits per heavy atom. The second kappa shape index (κ2) is 5.91. The van der Waals surface area contributed by atoms with Gasteiger partial charge in [-0.1, -0.05) is 12.8 Å². The first-order chi connectivity index (χ1) is 8.66. The molecule has 0 radical (unpaired) electrons. The van der Waals surface area contributed by atoms with Crippen molar-refractivity contribution in [2.24, 2.45) is 0 Å². The number of halogens is 1. The van der Waals surface area contributed by atoms with Crippen LogP contribution in [0.3, 0.4) is 0 Å². The normalized spacial score (nSPS) is 21.5.